The van der Waals surface area contributed by atoms with Crippen molar-refractivity contribution < 1.29 is 4.79 Å². The molecule has 0 spiro atoms. The van der Waals surface area contributed by atoms with Gasteiger partial charge in [-0.2, -0.15) is 0 Å². The Labute approximate surface area is 187 Å². The molecule has 0 aliphatic rings. The van der Waals surface area contributed by atoms with Gasteiger partial charge < -0.3 is 20.5 Å². The summed E-state index contributed by atoms with van der Waals surface area (Å²) in [6.45, 7) is 3.47. The normalized spacial score (nSPS) is 11.2. The second-order valence-electron chi connectivity index (χ2n) is 8.01. The lowest BCUT2D eigenvalue weighted by Gasteiger charge is -2.13. The molecule has 0 atom stereocenters. The summed E-state index contributed by atoms with van der Waals surface area (Å²) in [5.41, 5.74) is 11.1. The smallest absolute Gasteiger partial charge is 0.251 e. The monoisotopic (exact) mass is 431 g/mol. The number of unbranched alkanes of at least 4 members (excludes halogenated alkanes) is 1. The first-order chi connectivity index (χ1) is 15.5. The predicted octanol–water partition coefficient (Wildman–Crippen LogP) is 3.40. The van der Waals surface area contributed by atoms with Crippen molar-refractivity contribution in [3.8, 4) is 0 Å². The number of hydrogen-bond acceptors (Lipinski definition) is 6. The molecule has 4 aromatic rings. The summed E-state index contributed by atoms with van der Waals surface area (Å²) in [5, 5.41) is 3.03. The van der Waals surface area contributed by atoms with E-state index in [0.29, 0.717) is 23.4 Å². The van der Waals surface area contributed by atoms with Gasteiger partial charge in [-0.05, 0) is 43.2 Å². The maximum Gasteiger partial charge on any atom is 0.251 e. The molecule has 0 aliphatic heterocycles. The molecule has 3 N–H and O–H groups in total. The zero-order valence-corrected chi connectivity index (χ0v) is 18.8. The molecule has 8 heteroatoms. The van der Waals surface area contributed by atoms with E-state index in [0.717, 1.165) is 53.9 Å². The van der Waals surface area contributed by atoms with E-state index in [9.17, 15) is 4.79 Å². The van der Waals surface area contributed by atoms with E-state index in [-0.39, 0.29) is 5.91 Å². The number of rotatable bonds is 8. The first-order valence-corrected chi connectivity index (χ1v) is 10.9. The number of carbonyl (C=O) groups is 1. The van der Waals surface area contributed by atoms with Crippen LogP contribution in [0.15, 0.2) is 42.6 Å². The maximum absolute atomic E-state index is 12.5. The number of carbonyl (C=O) groups excluding carboxylic acids is 1. The molecule has 0 fully saturated rings. The molecule has 0 saturated heterocycles. The van der Waals surface area contributed by atoms with Crippen LogP contribution in [0.1, 0.15) is 35.9 Å². The zero-order chi connectivity index (χ0) is 22.7. The highest BCUT2D eigenvalue weighted by Crippen LogP contribution is 2.28. The van der Waals surface area contributed by atoms with E-state index >= 15 is 0 Å². The molecule has 0 aliphatic carbocycles. The summed E-state index contributed by atoms with van der Waals surface area (Å²) in [4.78, 5) is 28.2. The molecule has 0 bridgehead atoms. The Hall–Kier alpha value is -3.68. The van der Waals surface area contributed by atoms with Crippen molar-refractivity contribution in [3.05, 3.63) is 54.0 Å². The predicted molar refractivity (Wildman–Crippen MR) is 129 cm³/mol. The van der Waals surface area contributed by atoms with E-state index in [1.165, 1.54) is 0 Å². The highest BCUT2D eigenvalue weighted by atomic mass is 16.1. The minimum atomic E-state index is -0.0509. The summed E-state index contributed by atoms with van der Waals surface area (Å²) in [5.74, 6) is 1.35. The molecule has 3 aromatic heterocycles. The van der Waals surface area contributed by atoms with Crippen molar-refractivity contribution in [2.75, 3.05) is 31.3 Å². The summed E-state index contributed by atoms with van der Waals surface area (Å²) in [6.07, 6.45) is 4.31. The van der Waals surface area contributed by atoms with E-state index in [2.05, 4.69) is 26.8 Å². The topological polar surface area (TPSA) is 102 Å². The van der Waals surface area contributed by atoms with Gasteiger partial charge in [-0.1, -0.05) is 13.0 Å². The number of nitrogens with one attached hydrogen (secondary N) is 1. The van der Waals surface area contributed by atoms with Gasteiger partial charge in [-0.15, -0.1) is 0 Å². The van der Waals surface area contributed by atoms with Crippen LogP contribution in [0.3, 0.4) is 0 Å². The van der Waals surface area contributed by atoms with Crippen LogP contribution in [0.5, 0.6) is 0 Å². The number of hydrogen-bond donors (Lipinski definition) is 2. The Kier molecular flexibility index (Phi) is 6.20. The van der Waals surface area contributed by atoms with E-state index < -0.39 is 0 Å². The Morgan fingerprint density at radius 2 is 1.97 bits per heavy atom. The van der Waals surface area contributed by atoms with Crippen molar-refractivity contribution in [3.63, 3.8) is 0 Å². The number of imidazole rings is 1. The second-order valence-corrected chi connectivity index (χ2v) is 8.01. The van der Waals surface area contributed by atoms with Gasteiger partial charge in [-0.3, -0.25) is 9.78 Å². The van der Waals surface area contributed by atoms with Crippen LogP contribution in [0, 0.1) is 0 Å². The first-order valence-electron chi connectivity index (χ1n) is 10.9. The molecular weight excluding hydrogens is 402 g/mol. The molecule has 32 heavy (non-hydrogen) atoms. The quantitative estimate of drug-likeness (QED) is 0.415. The van der Waals surface area contributed by atoms with Crippen LogP contribution >= 0.6 is 0 Å². The van der Waals surface area contributed by atoms with Crippen molar-refractivity contribution in [1.82, 2.24) is 24.8 Å². The lowest BCUT2D eigenvalue weighted by molar-refractivity contribution is 0.0953. The number of nitrogen functional groups attached to an aromatic ring is 1. The van der Waals surface area contributed by atoms with Gasteiger partial charge >= 0.3 is 0 Å². The van der Waals surface area contributed by atoms with Gasteiger partial charge in [0.25, 0.3) is 5.91 Å². The molecule has 1 aromatic carbocycles. The third kappa shape index (κ3) is 4.21. The van der Waals surface area contributed by atoms with Crippen LogP contribution in [-0.4, -0.2) is 46.1 Å². The van der Waals surface area contributed by atoms with Gasteiger partial charge in [-0.25, -0.2) is 9.97 Å². The number of pyridine rings is 2. The van der Waals surface area contributed by atoms with E-state index in [1.807, 2.05) is 55.4 Å². The van der Waals surface area contributed by atoms with E-state index in [1.54, 1.807) is 6.20 Å². The fraction of sp³-hybridized carbons (Fsp3) is 0.333. The molecule has 1 amide bonds. The van der Waals surface area contributed by atoms with Crippen LogP contribution in [-0.2, 0) is 13.0 Å². The van der Waals surface area contributed by atoms with Crippen molar-refractivity contribution in [2.45, 2.75) is 32.7 Å². The fourth-order valence-corrected chi connectivity index (χ4v) is 3.91. The van der Waals surface area contributed by atoms with Gasteiger partial charge in [0.05, 0.1) is 5.52 Å². The molecule has 0 saturated carbocycles. The number of aromatic nitrogens is 4. The zero-order valence-electron chi connectivity index (χ0n) is 18.8. The molecule has 0 radical (unpaired) electrons. The van der Waals surface area contributed by atoms with Gasteiger partial charge in [0.15, 0.2) is 5.82 Å². The minimum absolute atomic E-state index is 0.0509. The van der Waals surface area contributed by atoms with Crippen molar-refractivity contribution >= 4 is 39.5 Å². The fourth-order valence-electron chi connectivity index (χ4n) is 3.91. The summed E-state index contributed by atoms with van der Waals surface area (Å²) in [6, 6.07) is 11.4. The summed E-state index contributed by atoms with van der Waals surface area (Å²) in [7, 11) is 3.92. The third-order valence-corrected chi connectivity index (χ3v) is 5.58. The second kappa shape index (κ2) is 9.21. The Bertz CT molecular complexity index is 1260. The Morgan fingerprint density at radius 3 is 2.75 bits per heavy atom. The SMILES string of the molecule is CCc1nc2c(N)nc3cccnc3c2n1CCCCNC(=O)c1cccc(N(C)C)c1. The average molecular weight is 432 g/mol. The average Bonchev–Trinajstić information content (AvgIpc) is 3.18. The summed E-state index contributed by atoms with van der Waals surface area (Å²) < 4.78 is 2.20. The Morgan fingerprint density at radius 1 is 1.12 bits per heavy atom. The number of benzene rings is 1. The third-order valence-electron chi connectivity index (χ3n) is 5.58. The van der Waals surface area contributed by atoms with Crippen molar-refractivity contribution in [2.24, 2.45) is 0 Å². The number of fused-ring (bicyclic) bond motifs is 3. The standard InChI is InChI=1S/C24H29N7O/c1-4-19-29-21-22(20-18(28-23(21)25)11-8-13-26-20)31(19)14-6-5-12-27-24(32)16-9-7-10-17(15-16)30(2)3/h7-11,13,15H,4-6,12,14H2,1-3H3,(H2,25,28)(H,27,32). The lowest BCUT2D eigenvalue weighted by atomic mass is 10.1. The maximum atomic E-state index is 12.5. The first kappa shape index (κ1) is 21.5. The number of anilines is 2. The number of amides is 1. The molecule has 3 heterocycles. The van der Waals surface area contributed by atoms with Crippen LogP contribution < -0.4 is 16.0 Å². The number of aryl methyl sites for hydroxylation is 2. The van der Waals surface area contributed by atoms with Gasteiger partial charge in [0.2, 0.25) is 0 Å². The van der Waals surface area contributed by atoms with Crippen LogP contribution in [0.25, 0.3) is 22.1 Å². The summed E-state index contributed by atoms with van der Waals surface area (Å²) >= 11 is 0. The molecule has 4 rings (SSSR count). The lowest BCUT2D eigenvalue weighted by Crippen LogP contribution is -2.25. The largest absolute Gasteiger partial charge is 0.382 e. The number of nitrogens with zero attached hydrogens (tertiary/aromatic N) is 5. The van der Waals surface area contributed by atoms with Gasteiger partial charge in [0.1, 0.15) is 22.4 Å². The number of nitrogens with two attached hydrogens (primary N) is 1. The van der Waals surface area contributed by atoms with Gasteiger partial charge in [0, 0.05) is 51.1 Å². The molecule has 8 nitrogen and oxygen atoms in total. The highest BCUT2D eigenvalue weighted by molar-refractivity contribution is 6.04. The van der Waals surface area contributed by atoms with Crippen LogP contribution in [0.2, 0.25) is 0 Å². The highest BCUT2D eigenvalue weighted by Gasteiger charge is 2.17. The molecular formula is C24H29N7O. The minimum Gasteiger partial charge on any atom is -0.382 e. The Balaban J connectivity index is 1.44. The van der Waals surface area contributed by atoms with E-state index in [4.69, 9.17) is 10.7 Å². The van der Waals surface area contributed by atoms with Crippen LogP contribution in [0.4, 0.5) is 11.5 Å². The molecule has 0 unspecified atom stereocenters. The molecule has 166 valence electrons. The van der Waals surface area contributed by atoms with Crippen molar-refractivity contribution in [1.29, 1.82) is 0 Å².